The van der Waals surface area contributed by atoms with Crippen LogP contribution in [0.1, 0.15) is 5.56 Å². The lowest BCUT2D eigenvalue weighted by Crippen LogP contribution is -2.46. The molecular weight excluding hydrogens is 290 g/mol. The van der Waals surface area contributed by atoms with E-state index in [1.165, 1.54) is 11.3 Å². The van der Waals surface area contributed by atoms with Crippen LogP contribution in [0.4, 0.5) is 17.3 Å². The van der Waals surface area contributed by atoms with Crippen molar-refractivity contribution in [3.63, 3.8) is 0 Å². The van der Waals surface area contributed by atoms with E-state index in [4.69, 9.17) is 0 Å². The quantitative estimate of drug-likeness (QED) is 0.803. The minimum Gasteiger partial charge on any atom is -0.353 e. The van der Waals surface area contributed by atoms with Crippen molar-refractivity contribution in [3.05, 3.63) is 42.2 Å². The Kier molecular flexibility index (Phi) is 3.57. The number of fused-ring (bicyclic) bond motifs is 1. The molecule has 3 heterocycles. The summed E-state index contributed by atoms with van der Waals surface area (Å²) in [4.78, 5) is 26.0. The molecule has 1 aromatic heterocycles. The van der Waals surface area contributed by atoms with Crippen LogP contribution < -0.4 is 9.80 Å². The molecule has 0 aliphatic carbocycles. The highest BCUT2D eigenvalue weighted by atomic mass is 16.1. The van der Waals surface area contributed by atoms with Crippen LogP contribution in [0.2, 0.25) is 0 Å². The van der Waals surface area contributed by atoms with Gasteiger partial charge in [-0.3, -0.25) is 4.79 Å². The summed E-state index contributed by atoms with van der Waals surface area (Å²) in [6.45, 7) is 4.07. The molecule has 0 bridgehead atoms. The maximum Gasteiger partial charge on any atom is 0.209 e. The van der Waals surface area contributed by atoms with Gasteiger partial charge in [0.1, 0.15) is 18.0 Å². The van der Waals surface area contributed by atoms with Gasteiger partial charge in [-0.05, 0) is 18.1 Å². The van der Waals surface area contributed by atoms with E-state index in [9.17, 15) is 4.79 Å². The second-order valence-corrected chi connectivity index (χ2v) is 5.89. The van der Waals surface area contributed by atoms with Crippen molar-refractivity contribution in [1.29, 1.82) is 0 Å². The summed E-state index contributed by atoms with van der Waals surface area (Å²) >= 11 is 0. The third-order valence-corrected chi connectivity index (χ3v) is 4.59. The van der Waals surface area contributed by atoms with E-state index in [2.05, 4.69) is 50.1 Å². The van der Waals surface area contributed by atoms with E-state index >= 15 is 0 Å². The summed E-state index contributed by atoms with van der Waals surface area (Å²) in [6, 6.07) is 10.5. The first-order valence-corrected chi connectivity index (χ1v) is 7.97. The van der Waals surface area contributed by atoms with Crippen molar-refractivity contribution < 1.29 is 4.79 Å². The van der Waals surface area contributed by atoms with Gasteiger partial charge in [0.2, 0.25) is 6.41 Å². The number of benzene rings is 1. The lowest BCUT2D eigenvalue weighted by Gasteiger charge is -2.33. The predicted molar refractivity (Wildman–Crippen MR) is 89.0 cm³/mol. The summed E-state index contributed by atoms with van der Waals surface area (Å²) in [7, 11) is 0. The number of amides is 1. The first kappa shape index (κ1) is 14.0. The third kappa shape index (κ3) is 2.60. The molecular formula is C17H19N5O. The summed E-state index contributed by atoms with van der Waals surface area (Å²) in [5.41, 5.74) is 2.61. The number of rotatable bonds is 3. The van der Waals surface area contributed by atoms with E-state index in [1.54, 1.807) is 11.2 Å². The molecule has 1 amide bonds. The molecule has 0 atom stereocenters. The number of carbonyl (C=O) groups is 1. The van der Waals surface area contributed by atoms with Gasteiger partial charge in [0.15, 0.2) is 0 Å². The highest BCUT2D eigenvalue weighted by Crippen LogP contribution is 2.33. The second-order valence-electron chi connectivity index (χ2n) is 5.89. The van der Waals surface area contributed by atoms with Crippen molar-refractivity contribution in [1.82, 2.24) is 14.9 Å². The second kappa shape index (κ2) is 5.87. The number of carbonyl (C=O) groups excluding carboxylic acids is 1. The summed E-state index contributed by atoms with van der Waals surface area (Å²) in [5.74, 6) is 1.88. The lowest BCUT2D eigenvalue weighted by atomic mass is 10.2. The molecule has 6 heteroatoms. The van der Waals surface area contributed by atoms with Gasteiger partial charge < -0.3 is 14.7 Å². The van der Waals surface area contributed by atoms with Crippen molar-refractivity contribution in [3.8, 4) is 0 Å². The standard InChI is InChI=1S/C17H19N5O/c23-13-20-7-9-21(10-8-20)16-11-17(19-12-18-16)22-6-5-14-3-1-2-4-15(14)22/h1-4,11-13H,5-10H2. The molecule has 4 rings (SSSR count). The third-order valence-electron chi connectivity index (χ3n) is 4.59. The Morgan fingerprint density at radius 3 is 2.57 bits per heavy atom. The molecule has 2 aliphatic heterocycles. The largest absolute Gasteiger partial charge is 0.353 e. The summed E-state index contributed by atoms with van der Waals surface area (Å²) in [5, 5.41) is 0. The average molecular weight is 309 g/mol. The van der Waals surface area contributed by atoms with Crippen LogP contribution in [0, 0.1) is 0 Å². The highest BCUT2D eigenvalue weighted by molar-refractivity contribution is 5.69. The maximum absolute atomic E-state index is 10.8. The van der Waals surface area contributed by atoms with E-state index in [0.29, 0.717) is 0 Å². The molecule has 2 aliphatic rings. The Morgan fingerprint density at radius 1 is 0.957 bits per heavy atom. The van der Waals surface area contributed by atoms with Gasteiger partial charge in [0.25, 0.3) is 0 Å². The normalized spacial score (nSPS) is 17.3. The molecule has 0 spiro atoms. The molecule has 0 radical (unpaired) electrons. The molecule has 1 aromatic carbocycles. The zero-order chi connectivity index (χ0) is 15.6. The van der Waals surface area contributed by atoms with E-state index in [0.717, 1.165) is 57.2 Å². The van der Waals surface area contributed by atoms with Crippen molar-refractivity contribution in [2.24, 2.45) is 0 Å². The summed E-state index contributed by atoms with van der Waals surface area (Å²) < 4.78 is 0. The van der Waals surface area contributed by atoms with Crippen LogP contribution in [0.25, 0.3) is 0 Å². The fraction of sp³-hybridized carbons (Fsp3) is 0.353. The Morgan fingerprint density at radius 2 is 1.74 bits per heavy atom. The minimum atomic E-state index is 0.745. The molecule has 0 N–H and O–H groups in total. The average Bonchev–Trinajstić information content (AvgIpc) is 3.06. The Bertz CT molecular complexity index is 712. The number of piperazine rings is 1. The monoisotopic (exact) mass is 309 g/mol. The molecule has 2 aromatic rings. The van der Waals surface area contributed by atoms with E-state index in [-0.39, 0.29) is 0 Å². The molecule has 118 valence electrons. The van der Waals surface area contributed by atoms with Crippen LogP contribution in [0.15, 0.2) is 36.7 Å². The smallest absolute Gasteiger partial charge is 0.209 e. The zero-order valence-corrected chi connectivity index (χ0v) is 12.9. The maximum atomic E-state index is 10.8. The van der Waals surface area contributed by atoms with Crippen LogP contribution >= 0.6 is 0 Å². The lowest BCUT2D eigenvalue weighted by molar-refractivity contribution is -0.118. The van der Waals surface area contributed by atoms with Gasteiger partial charge >= 0.3 is 0 Å². The zero-order valence-electron chi connectivity index (χ0n) is 12.9. The fourth-order valence-corrected chi connectivity index (χ4v) is 3.29. The molecule has 1 saturated heterocycles. The Hall–Kier alpha value is -2.63. The first-order chi connectivity index (χ1) is 11.3. The number of anilines is 3. The SMILES string of the molecule is O=CN1CCN(c2cc(N3CCc4ccccc43)ncn2)CC1. The molecule has 0 saturated carbocycles. The number of aromatic nitrogens is 2. The van der Waals surface area contributed by atoms with Gasteiger partial charge in [-0.25, -0.2) is 9.97 Å². The number of nitrogens with zero attached hydrogens (tertiary/aromatic N) is 5. The van der Waals surface area contributed by atoms with Gasteiger partial charge in [-0.1, -0.05) is 18.2 Å². The molecule has 0 unspecified atom stereocenters. The van der Waals surface area contributed by atoms with Crippen molar-refractivity contribution >= 4 is 23.7 Å². The van der Waals surface area contributed by atoms with Crippen molar-refractivity contribution in [2.75, 3.05) is 42.5 Å². The minimum absolute atomic E-state index is 0.745. The summed E-state index contributed by atoms with van der Waals surface area (Å²) in [6.07, 6.45) is 3.61. The first-order valence-electron chi connectivity index (χ1n) is 7.97. The van der Waals surface area contributed by atoms with Gasteiger partial charge in [0.05, 0.1) is 0 Å². The molecule has 1 fully saturated rings. The highest BCUT2D eigenvalue weighted by Gasteiger charge is 2.22. The van der Waals surface area contributed by atoms with Crippen molar-refractivity contribution in [2.45, 2.75) is 6.42 Å². The Balaban J connectivity index is 1.57. The van der Waals surface area contributed by atoms with Gasteiger partial charge in [-0.2, -0.15) is 0 Å². The van der Waals surface area contributed by atoms with E-state index in [1.807, 2.05) is 0 Å². The fourth-order valence-electron chi connectivity index (χ4n) is 3.29. The van der Waals surface area contributed by atoms with Gasteiger partial charge in [-0.15, -0.1) is 0 Å². The van der Waals surface area contributed by atoms with Crippen LogP contribution in [-0.2, 0) is 11.2 Å². The van der Waals surface area contributed by atoms with Crippen LogP contribution in [-0.4, -0.2) is 54.0 Å². The predicted octanol–water partition coefficient (Wildman–Crippen LogP) is 1.45. The Labute approximate surface area is 135 Å². The van der Waals surface area contributed by atoms with Gasteiger partial charge in [0, 0.05) is 44.5 Å². The number of hydrogen-bond acceptors (Lipinski definition) is 5. The molecule has 23 heavy (non-hydrogen) atoms. The number of para-hydroxylation sites is 1. The topological polar surface area (TPSA) is 52.6 Å². The molecule has 6 nitrogen and oxygen atoms in total. The number of hydrogen-bond donors (Lipinski definition) is 0. The van der Waals surface area contributed by atoms with Crippen LogP contribution in [0.5, 0.6) is 0 Å². The van der Waals surface area contributed by atoms with Crippen LogP contribution in [0.3, 0.4) is 0 Å². The van der Waals surface area contributed by atoms with E-state index < -0.39 is 0 Å².